The largest absolute Gasteiger partial charge is 0.762 e. The van der Waals surface area contributed by atoms with Gasteiger partial charge in [0.2, 0.25) is 0 Å². The predicted octanol–water partition coefficient (Wildman–Crippen LogP) is 3.97. The molecule has 0 amide bonds. The highest BCUT2D eigenvalue weighted by molar-refractivity contribution is 7.95. The van der Waals surface area contributed by atoms with Crippen LogP contribution in [-0.4, -0.2) is 20.0 Å². The number of unbranched alkanes of at least 4 members (excludes halogenated alkanes) is 9. The molecule has 5 heteroatoms. The Balaban J connectivity index is 3.59. The molecule has 20 heavy (non-hydrogen) atoms. The summed E-state index contributed by atoms with van der Waals surface area (Å²) in [4.78, 5) is -0.659. The van der Waals surface area contributed by atoms with Crippen LogP contribution in [0.25, 0.3) is 5.41 Å². The molecule has 0 aliphatic carbocycles. The molecule has 0 spiro atoms. The lowest BCUT2D eigenvalue weighted by molar-refractivity contribution is 0.559. The summed E-state index contributed by atoms with van der Waals surface area (Å²) in [5.41, 5.74) is 0. The zero-order valence-corrected chi connectivity index (χ0v) is 13.2. The average Bonchev–Trinajstić information content (AvgIpc) is 2.42. The lowest BCUT2D eigenvalue weighted by Crippen LogP contribution is -2.08. The van der Waals surface area contributed by atoms with Gasteiger partial charge < -0.3 is 5.41 Å². The zero-order valence-electron chi connectivity index (χ0n) is 12.4. The summed E-state index contributed by atoms with van der Waals surface area (Å²) in [7, 11) is -3.64. The second-order valence-corrected chi connectivity index (χ2v) is 7.10. The maximum Gasteiger partial charge on any atom is 0.194 e. The van der Waals surface area contributed by atoms with E-state index >= 15 is 0 Å². The van der Waals surface area contributed by atoms with E-state index in [0.29, 0.717) is 6.42 Å². The van der Waals surface area contributed by atoms with Crippen molar-refractivity contribution in [2.75, 3.05) is 5.75 Å². The normalized spacial score (nSPS) is 10.8. The number of hydrogen-bond donors (Lipinski definition) is 0. The van der Waals surface area contributed by atoms with Gasteiger partial charge in [-0.2, -0.15) is 5.26 Å². The standard InChI is InChI=1S/C15H25N2O2S/c1-2-3-4-5-6-7-8-9-10-11-12-20(18,19)15(13-16)14-17/h2-12H2,1H3/q-1. The van der Waals surface area contributed by atoms with Crippen LogP contribution in [0.2, 0.25) is 0 Å². The van der Waals surface area contributed by atoms with Crippen LogP contribution in [0.4, 0.5) is 0 Å². The molecule has 0 unspecified atom stereocenters. The van der Waals surface area contributed by atoms with Crippen molar-refractivity contribution < 1.29 is 8.42 Å². The molecule has 0 aliphatic heterocycles. The van der Waals surface area contributed by atoms with E-state index in [1.807, 2.05) is 0 Å². The quantitative estimate of drug-likeness (QED) is 0.310. The van der Waals surface area contributed by atoms with E-state index in [-0.39, 0.29) is 5.75 Å². The maximum atomic E-state index is 11.5. The van der Waals surface area contributed by atoms with Crippen LogP contribution in [0.3, 0.4) is 0 Å². The first-order valence-electron chi connectivity index (χ1n) is 7.48. The van der Waals surface area contributed by atoms with E-state index in [4.69, 9.17) is 10.7 Å². The van der Waals surface area contributed by atoms with Crippen molar-refractivity contribution in [1.29, 1.82) is 5.26 Å². The van der Waals surface area contributed by atoms with Gasteiger partial charge in [0.25, 0.3) is 0 Å². The summed E-state index contributed by atoms with van der Waals surface area (Å²) in [6, 6.07) is 1.45. The summed E-state index contributed by atoms with van der Waals surface area (Å²) in [6.45, 7) is 2.20. The van der Waals surface area contributed by atoms with Gasteiger partial charge in [-0.15, -0.1) is 0 Å². The first kappa shape index (κ1) is 18.9. The monoisotopic (exact) mass is 297 g/mol. The molecular weight excluding hydrogens is 272 g/mol. The van der Waals surface area contributed by atoms with E-state index in [9.17, 15) is 8.42 Å². The van der Waals surface area contributed by atoms with Gasteiger partial charge in [-0.05, 0) is 6.42 Å². The Kier molecular flexibility index (Phi) is 11.0. The molecule has 0 aromatic heterocycles. The Labute approximate surface area is 123 Å². The van der Waals surface area contributed by atoms with Crippen LogP contribution in [0, 0.1) is 11.3 Å². The second kappa shape index (κ2) is 11.7. The van der Waals surface area contributed by atoms with E-state index in [0.717, 1.165) is 19.3 Å². The topological polar surface area (TPSA) is 80.2 Å². The zero-order chi connectivity index (χ0) is 15.3. The second-order valence-electron chi connectivity index (χ2n) is 5.05. The SMILES string of the molecule is CCCCCCCCCCCCS(=O)(=O)C(=C=[N-])C#N. The van der Waals surface area contributed by atoms with Crippen molar-refractivity contribution in [2.24, 2.45) is 0 Å². The van der Waals surface area contributed by atoms with E-state index in [1.54, 1.807) is 0 Å². The van der Waals surface area contributed by atoms with Crippen molar-refractivity contribution in [3.8, 4) is 6.07 Å². The summed E-state index contributed by atoms with van der Waals surface area (Å²) in [6.07, 6.45) is 11.2. The molecule has 0 rings (SSSR count). The van der Waals surface area contributed by atoms with Gasteiger partial charge in [-0.25, -0.2) is 14.3 Å². The average molecular weight is 297 g/mol. The van der Waals surface area contributed by atoms with Crippen molar-refractivity contribution in [2.45, 2.75) is 71.1 Å². The van der Waals surface area contributed by atoms with Gasteiger partial charge in [0.1, 0.15) is 6.07 Å². The lowest BCUT2D eigenvalue weighted by atomic mass is 10.1. The first-order valence-corrected chi connectivity index (χ1v) is 9.13. The third-order valence-electron chi connectivity index (χ3n) is 3.28. The molecule has 0 saturated carbocycles. The fraction of sp³-hybridized carbons (Fsp3) is 0.800. The van der Waals surface area contributed by atoms with Crippen molar-refractivity contribution in [1.82, 2.24) is 0 Å². The molecule has 0 aromatic rings. The number of nitriles is 1. The molecule has 0 heterocycles. The highest BCUT2D eigenvalue weighted by atomic mass is 32.2. The Hall–Kier alpha value is -1.11. The predicted molar refractivity (Wildman–Crippen MR) is 83.1 cm³/mol. The molecule has 0 radical (unpaired) electrons. The summed E-state index contributed by atoms with van der Waals surface area (Å²) in [5.74, 6) is 1.36. The molecule has 0 aromatic carbocycles. The van der Waals surface area contributed by atoms with Crippen LogP contribution >= 0.6 is 0 Å². The molecule has 0 atom stereocenters. The van der Waals surface area contributed by atoms with Gasteiger partial charge in [-0.3, -0.25) is 0 Å². The van der Waals surface area contributed by atoms with Crippen LogP contribution in [0.1, 0.15) is 71.1 Å². The number of rotatable bonds is 12. The van der Waals surface area contributed by atoms with E-state index < -0.39 is 14.7 Å². The van der Waals surface area contributed by atoms with Crippen LogP contribution in [0.15, 0.2) is 4.91 Å². The van der Waals surface area contributed by atoms with Crippen molar-refractivity contribution in [3.05, 3.63) is 10.3 Å². The molecule has 0 bridgehead atoms. The first-order chi connectivity index (χ1) is 9.58. The van der Waals surface area contributed by atoms with Gasteiger partial charge in [0, 0.05) is 0 Å². The third-order valence-corrected chi connectivity index (χ3v) is 4.91. The van der Waals surface area contributed by atoms with E-state index in [2.05, 4.69) is 6.92 Å². The number of allylic oxidation sites excluding steroid dienone is 1. The van der Waals surface area contributed by atoms with Crippen molar-refractivity contribution >= 4 is 15.7 Å². The Morgan fingerprint density at radius 2 is 1.40 bits per heavy atom. The summed E-state index contributed by atoms with van der Waals surface area (Å²) < 4.78 is 23.1. The molecular formula is C15H25N2O2S-. The van der Waals surface area contributed by atoms with Crippen LogP contribution in [-0.2, 0) is 9.84 Å². The summed E-state index contributed by atoms with van der Waals surface area (Å²) in [5, 5.41) is 17.1. The van der Waals surface area contributed by atoms with E-state index in [1.165, 1.54) is 50.5 Å². The highest BCUT2D eigenvalue weighted by Crippen LogP contribution is 2.12. The Bertz CT molecular complexity index is 443. The summed E-state index contributed by atoms with van der Waals surface area (Å²) >= 11 is 0. The van der Waals surface area contributed by atoms with Crippen molar-refractivity contribution in [3.63, 3.8) is 0 Å². The van der Waals surface area contributed by atoms with Gasteiger partial charge >= 0.3 is 0 Å². The smallest absolute Gasteiger partial charge is 0.194 e. The fourth-order valence-electron chi connectivity index (χ4n) is 2.05. The molecule has 0 saturated heterocycles. The third kappa shape index (κ3) is 8.90. The molecule has 0 N–H and O–H groups in total. The number of hydrogen-bond acceptors (Lipinski definition) is 3. The van der Waals surface area contributed by atoms with Crippen LogP contribution < -0.4 is 0 Å². The molecule has 114 valence electrons. The highest BCUT2D eigenvalue weighted by Gasteiger charge is 2.15. The van der Waals surface area contributed by atoms with Gasteiger partial charge in [0.15, 0.2) is 14.7 Å². The number of sulfone groups is 1. The number of nitrogens with zero attached hydrogens (tertiary/aromatic N) is 2. The molecule has 0 fully saturated rings. The van der Waals surface area contributed by atoms with Gasteiger partial charge in [-0.1, -0.05) is 64.7 Å². The fourth-order valence-corrected chi connectivity index (χ4v) is 3.11. The lowest BCUT2D eigenvalue weighted by Gasteiger charge is -2.03. The Morgan fingerprint density at radius 1 is 0.950 bits per heavy atom. The molecule has 0 aliphatic rings. The Morgan fingerprint density at radius 3 is 1.80 bits per heavy atom. The minimum absolute atomic E-state index is 0.0834. The minimum Gasteiger partial charge on any atom is -0.762 e. The van der Waals surface area contributed by atoms with Crippen LogP contribution in [0.5, 0.6) is 0 Å². The minimum atomic E-state index is -3.64. The maximum absolute atomic E-state index is 11.5. The van der Waals surface area contributed by atoms with Gasteiger partial charge in [0.05, 0.1) is 5.75 Å². The molecule has 4 nitrogen and oxygen atoms in total.